The molecular weight excluding hydrogens is 233 g/mol. The molecule has 4 nitrogen and oxygen atoms in total. The van der Waals surface area contributed by atoms with Gasteiger partial charge in [-0.15, -0.1) is 0 Å². The van der Waals surface area contributed by atoms with Gasteiger partial charge in [-0.2, -0.15) is 5.26 Å². The van der Waals surface area contributed by atoms with E-state index in [0.29, 0.717) is 11.1 Å². The summed E-state index contributed by atoms with van der Waals surface area (Å²) in [5.74, 6) is -0.568. The van der Waals surface area contributed by atoms with Crippen LogP contribution in [0.3, 0.4) is 0 Å². The number of carbonyl (C=O) groups is 1. The van der Waals surface area contributed by atoms with Gasteiger partial charge in [0.1, 0.15) is 5.82 Å². The van der Waals surface area contributed by atoms with Crippen LogP contribution in [0.4, 0.5) is 4.39 Å². The minimum atomic E-state index is -0.422. The molecule has 1 rings (SSSR count). The molecule has 0 saturated carbocycles. The number of amides is 1. The molecule has 0 bridgehead atoms. The van der Waals surface area contributed by atoms with Gasteiger partial charge in [0.25, 0.3) is 0 Å². The lowest BCUT2D eigenvalue weighted by Crippen LogP contribution is -2.31. The molecule has 0 fully saturated rings. The zero-order valence-electron chi connectivity index (χ0n) is 10.5. The lowest BCUT2D eigenvalue weighted by molar-refractivity contribution is -0.130. The second-order valence-electron chi connectivity index (χ2n) is 4.35. The van der Waals surface area contributed by atoms with E-state index < -0.39 is 5.82 Å². The third kappa shape index (κ3) is 3.82. The van der Waals surface area contributed by atoms with Gasteiger partial charge in [0.05, 0.1) is 11.6 Å². The number of nitrogens with two attached hydrogens (primary N) is 1. The number of hydrogen-bond acceptors (Lipinski definition) is 3. The summed E-state index contributed by atoms with van der Waals surface area (Å²) < 4.78 is 13.5. The van der Waals surface area contributed by atoms with Crippen molar-refractivity contribution >= 4 is 5.91 Å². The number of nitrogens with zero attached hydrogens (tertiary/aromatic N) is 2. The van der Waals surface area contributed by atoms with Crippen LogP contribution in [0, 0.1) is 17.1 Å². The quantitative estimate of drug-likeness (QED) is 0.876. The fourth-order valence-corrected chi connectivity index (χ4v) is 1.54. The maximum absolute atomic E-state index is 13.5. The van der Waals surface area contributed by atoms with Gasteiger partial charge in [0.2, 0.25) is 5.91 Å². The summed E-state index contributed by atoms with van der Waals surface area (Å²) >= 11 is 0. The van der Waals surface area contributed by atoms with Crippen molar-refractivity contribution in [3.8, 4) is 6.07 Å². The van der Waals surface area contributed by atoms with Gasteiger partial charge >= 0.3 is 0 Å². The van der Waals surface area contributed by atoms with Crippen molar-refractivity contribution < 1.29 is 9.18 Å². The molecule has 96 valence electrons. The molecule has 0 aromatic heterocycles. The highest BCUT2D eigenvalue weighted by atomic mass is 19.1. The number of rotatable bonds is 4. The second-order valence-corrected chi connectivity index (χ2v) is 4.35. The van der Waals surface area contributed by atoms with Crippen molar-refractivity contribution in [1.29, 1.82) is 5.26 Å². The van der Waals surface area contributed by atoms with Gasteiger partial charge < -0.3 is 10.6 Å². The molecule has 0 aliphatic rings. The Labute approximate surface area is 106 Å². The Morgan fingerprint density at radius 1 is 1.61 bits per heavy atom. The highest BCUT2D eigenvalue weighted by Gasteiger charge is 2.13. The fraction of sp³-hybridized carbons (Fsp3) is 0.385. The minimum Gasteiger partial charge on any atom is -0.341 e. The maximum Gasteiger partial charge on any atom is 0.224 e. The molecule has 2 N–H and O–H groups in total. The average molecular weight is 249 g/mol. The first-order chi connectivity index (χ1) is 8.43. The smallest absolute Gasteiger partial charge is 0.224 e. The molecule has 5 heteroatoms. The number of benzene rings is 1. The molecule has 1 amide bonds. The third-order valence-electron chi connectivity index (χ3n) is 2.50. The summed E-state index contributed by atoms with van der Waals surface area (Å²) in [4.78, 5) is 13.1. The molecular formula is C13H16FN3O. The fourth-order valence-electron chi connectivity index (χ4n) is 1.54. The van der Waals surface area contributed by atoms with Crippen LogP contribution in [-0.2, 0) is 11.3 Å². The molecule has 0 radical (unpaired) electrons. The van der Waals surface area contributed by atoms with E-state index in [9.17, 15) is 9.18 Å². The first-order valence-electron chi connectivity index (χ1n) is 5.62. The zero-order valence-corrected chi connectivity index (χ0v) is 10.5. The van der Waals surface area contributed by atoms with Crippen LogP contribution < -0.4 is 5.73 Å². The van der Waals surface area contributed by atoms with Crippen LogP contribution in [0.5, 0.6) is 0 Å². The maximum atomic E-state index is 13.5. The Balaban J connectivity index is 2.78. The molecule has 0 aliphatic heterocycles. The lowest BCUT2D eigenvalue weighted by atomic mass is 10.1. The van der Waals surface area contributed by atoms with E-state index >= 15 is 0 Å². The van der Waals surface area contributed by atoms with Crippen LogP contribution in [0.25, 0.3) is 0 Å². The Kier molecular flexibility index (Phi) is 4.81. The van der Waals surface area contributed by atoms with E-state index in [2.05, 4.69) is 0 Å². The van der Waals surface area contributed by atoms with Crippen molar-refractivity contribution in [3.05, 3.63) is 35.1 Å². The summed E-state index contributed by atoms with van der Waals surface area (Å²) in [5.41, 5.74) is 6.24. The van der Waals surface area contributed by atoms with Crippen LogP contribution in [0.2, 0.25) is 0 Å². The summed E-state index contributed by atoms with van der Waals surface area (Å²) in [6, 6.07) is 5.80. The Hall–Kier alpha value is -1.93. The van der Waals surface area contributed by atoms with E-state index in [4.69, 9.17) is 11.0 Å². The number of carbonyl (C=O) groups excluding carboxylic acids is 1. The van der Waals surface area contributed by atoms with Crippen LogP contribution >= 0.6 is 0 Å². The van der Waals surface area contributed by atoms with Crippen molar-refractivity contribution in [3.63, 3.8) is 0 Å². The second kappa shape index (κ2) is 6.12. The van der Waals surface area contributed by atoms with Crippen molar-refractivity contribution in [1.82, 2.24) is 4.90 Å². The van der Waals surface area contributed by atoms with Gasteiger partial charge in [0.15, 0.2) is 0 Å². The van der Waals surface area contributed by atoms with E-state index in [-0.39, 0.29) is 24.9 Å². The zero-order chi connectivity index (χ0) is 13.7. The molecule has 0 spiro atoms. The number of nitriles is 1. The Morgan fingerprint density at radius 2 is 2.28 bits per heavy atom. The Bertz CT molecular complexity index is 480. The van der Waals surface area contributed by atoms with Crippen molar-refractivity contribution in [2.24, 2.45) is 5.73 Å². The van der Waals surface area contributed by atoms with Gasteiger partial charge in [-0.05, 0) is 25.1 Å². The van der Waals surface area contributed by atoms with Crippen LogP contribution in [-0.4, -0.2) is 23.9 Å². The summed E-state index contributed by atoms with van der Waals surface area (Å²) in [5, 5.41) is 8.75. The summed E-state index contributed by atoms with van der Waals surface area (Å²) in [6.07, 6.45) is 0.218. The molecule has 1 unspecified atom stereocenters. The normalized spacial score (nSPS) is 11.7. The average Bonchev–Trinajstić information content (AvgIpc) is 2.31. The van der Waals surface area contributed by atoms with Gasteiger partial charge in [-0.3, -0.25) is 4.79 Å². The first-order valence-corrected chi connectivity index (χ1v) is 5.62. The van der Waals surface area contributed by atoms with Crippen LogP contribution in [0.1, 0.15) is 24.5 Å². The lowest BCUT2D eigenvalue weighted by Gasteiger charge is -2.18. The molecule has 1 aromatic carbocycles. The first kappa shape index (κ1) is 14.1. The molecule has 0 heterocycles. The number of hydrogen-bond donors (Lipinski definition) is 1. The molecule has 1 atom stereocenters. The van der Waals surface area contributed by atoms with E-state index in [0.717, 1.165) is 0 Å². The molecule has 18 heavy (non-hydrogen) atoms. The van der Waals surface area contributed by atoms with E-state index in [1.807, 2.05) is 6.07 Å². The third-order valence-corrected chi connectivity index (χ3v) is 2.50. The van der Waals surface area contributed by atoms with Gasteiger partial charge in [0, 0.05) is 31.6 Å². The SMILES string of the molecule is CC(N)CC(=O)N(C)Cc1cc(C#N)ccc1F. The summed E-state index contributed by atoms with van der Waals surface area (Å²) in [7, 11) is 1.59. The molecule has 0 saturated heterocycles. The highest BCUT2D eigenvalue weighted by molar-refractivity contribution is 5.76. The van der Waals surface area contributed by atoms with E-state index in [1.165, 1.54) is 23.1 Å². The largest absolute Gasteiger partial charge is 0.341 e. The standard InChI is InChI=1S/C13H16FN3O/c1-9(16)5-13(18)17(2)8-11-6-10(7-15)3-4-12(11)14/h3-4,6,9H,5,8,16H2,1-2H3. The highest BCUT2D eigenvalue weighted by Crippen LogP contribution is 2.12. The van der Waals surface area contributed by atoms with Crippen molar-refractivity contribution in [2.75, 3.05) is 7.05 Å². The van der Waals surface area contributed by atoms with Crippen molar-refractivity contribution in [2.45, 2.75) is 25.9 Å². The van der Waals surface area contributed by atoms with Crippen LogP contribution in [0.15, 0.2) is 18.2 Å². The predicted octanol–water partition coefficient (Wildman–Crippen LogP) is 1.39. The number of halogens is 1. The van der Waals surface area contributed by atoms with Gasteiger partial charge in [-0.25, -0.2) is 4.39 Å². The monoisotopic (exact) mass is 249 g/mol. The minimum absolute atomic E-state index is 0.132. The van der Waals surface area contributed by atoms with Gasteiger partial charge in [-0.1, -0.05) is 0 Å². The topological polar surface area (TPSA) is 70.1 Å². The Morgan fingerprint density at radius 3 is 2.83 bits per heavy atom. The molecule has 0 aliphatic carbocycles. The van der Waals surface area contributed by atoms with E-state index in [1.54, 1.807) is 14.0 Å². The predicted molar refractivity (Wildman–Crippen MR) is 65.9 cm³/mol. The summed E-state index contributed by atoms with van der Waals surface area (Å²) in [6.45, 7) is 1.87. The molecule has 1 aromatic rings.